The van der Waals surface area contributed by atoms with E-state index in [4.69, 9.17) is 0 Å². The molecule has 0 atom stereocenters. The summed E-state index contributed by atoms with van der Waals surface area (Å²) < 4.78 is 1.36. The number of unbranched alkanes of at least 4 members (excludes halogenated alkanes) is 22. The summed E-state index contributed by atoms with van der Waals surface area (Å²) in [5.41, 5.74) is 0. The van der Waals surface area contributed by atoms with Gasteiger partial charge in [0.05, 0.1) is 0 Å². The van der Waals surface area contributed by atoms with E-state index in [1.807, 2.05) is 0 Å². The fourth-order valence-electron chi connectivity index (χ4n) is 5.14. The number of hydrogen-bond donors (Lipinski definition) is 0. The molecule has 0 rings (SSSR count). The van der Waals surface area contributed by atoms with Crippen LogP contribution in [0.1, 0.15) is 187 Å². The quantitative estimate of drug-likeness (QED) is 0.0505. The Hall–Kier alpha value is 0.730. The first kappa shape index (κ1) is 32.7. The first-order valence-electron chi connectivity index (χ1n) is 15.4. The van der Waals surface area contributed by atoms with Crippen LogP contribution in [-0.2, 0) is 0 Å². The summed E-state index contributed by atoms with van der Waals surface area (Å²) in [5.74, 6) is 1.03. The van der Waals surface area contributed by atoms with Gasteiger partial charge in [-0.3, -0.25) is 0 Å². The molecular weight excluding hydrogens is 499 g/mol. The van der Waals surface area contributed by atoms with Gasteiger partial charge in [-0.05, 0) is 16.8 Å². The van der Waals surface area contributed by atoms with Gasteiger partial charge in [-0.25, -0.2) is 0 Å². The van der Waals surface area contributed by atoms with Gasteiger partial charge in [-0.2, -0.15) is 0 Å². The number of alkyl halides is 1. The third kappa shape index (κ3) is 27.0. The van der Waals surface area contributed by atoms with E-state index in [0.717, 1.165) is 5.92 Å². The van der Waals surface area contributed by atoms with Gasteiger partial charge in [0.25, 0.3) is 0 Å². The van der Waals surface area contributed by atoms with Crippen molar-refractivity contribution in [3.63, 3.8) is 0 Å². The highest BCUT2D eigenvalue weighted by Gasteiger charge is 2.07. The van der Waals surface area contributed by atoms with Crippen LogP contribution in [0.15, 0.2) is 0 Å². The molecule has 32 heavy (non-hydrogen) atoms. The van der Waals surface area contributed by atoms with Crippen LogP contribution in [0.3, 0.4) is 0 Å². The predicted molar refractivity (Wildman–Crippen MR) is 158 cm³/mol. The van der Waals surface area contributed by atoms with Crippen LogP contribution in [0.4, 0.5) is 0 Å². The van der Waals surface area contributed by atoms with Crippen molar-refractivity contribution in [2.75, 3.05) is 4.43 Å². The molecule has 0 radical (unpaired) electrons. The van der Waals surface area contributed by atoms with Gasteiger partial charge < -0.3 is 0 Å². The molecule has 0 amide bonds. The van der Waals surface area contributed by atoms with Crippen molar-refractivity contribution in [3.05, 3.63) is 0 Å². The number of hydrogen-bond acceptors (Lipinski definition) is 0. The lowest BCUT2D eigenvalue weighted by molar-refractivity contribution is 0.395. The van der Waals surface area contributed by atoms with Crippen LogP contribution in [0, 0.1) is 5.92 Å². The summed E-state index contributed by atoms with van der Waals surface area (Å²) in [7, 11) is 0. The Labute approximate surface area is 219 Å². The molecule has 0 nitrogen and oxygen atoms in total. The second kappa shape index (κ2) is 29.8. The lowest BCUT2D eigenvalue weighted by atomic mass is 9.92. The van der Waals surface area contributed by atoms with Crippen LogP contribution in [0.25, 0.3) is 0 Å². The molecule has 0 aliphatic carbocycles. The zero-order chi connectivity index (χ0) is 23.4. The highest BCUT2D eigenvalue weighted by molar-refractivity contribution is 14.1. The average Bonchev–Trinajstić information content (AvgIpc) is 2.80. The first-order valence-corrected chi connectivity index (χ1v) is 16.9. The van der Waals surface area contributed by atoms with E-state index in [2.05, 4.69) is 36.4 Å². The Bertz CT molecular complexity index is 286. The summed E-state index contributed by atoms with van der Waals surface area (Å²) in [4.78, 5) is 0. The minimum atomic E-state index is 1.03. The Morgan fingerprint density at radius 2 is 0.594 bits per heavy atom. The summed E-state index contributed by atoms with van der Waals surface area (Å²) in [5, 5.41) is 0. The van der Waals surface area contributed by atoms with Gasteiger partial charge in [-0.15, -0.1) is 0 Å². The van der Waals surface area contributed by atoms with Crippen LogP contribution < -0.4 is 0 Å². The SMILES string of the molecule is CCCCCCCCCCCCCCC(CCI)CCCCCCCCCCCCCC. The van der Waals surface area contributed by atoms with Crippen molar-refractivity contribution in [2.24, 2.45) is 5.92 Å². The van der Waals surface area contributed by atoms with Crippen LogP contribution >= 0.6 is 22.6 Å². The lowest BCUT2D eigenvalue weighted by Crippen LogP contribution is -2.02. The van der Waals surface area contributed by atoms with E-state index in [0.29, 0.717) is 0 Å². The molecule has 0 fully saturated rings. The Balaban J connectivity index is 3.39. The molecule has 0 aromatic rings. The maximum absolute atomic E-state index is 2.60. The van der Waals surface area contributed by atoms with E-state index in [1.54, 1.807) is 0 Å². The summed E-state index contributed by atoms with van der Waals surface area (Å²) >= 11 is 2.60. The molecule has 0 aliphatic rings. The topological polar surface area (TPSA) is 0 Å². The first-order chi connectivity index (χ1) is 15.8. The van der Waals surface area contributed by atoms with E-state index in [9.17, 15) is 0 Å². The smallest absolute Gasteiger partial charge is 0.000209 e. The van der Waals surface area contributed by atoms with E-state index in [-0.39, 0.29) is 0 Å². The molecule has 0 bridgehead atoms. The lowest BCUT2D eigenvalue weighted by Gasteiger charge is -2.15. The standard InChI is InChI=1S/C31H63I/c1-3-5-7-9-11-13-15-17-19-21-23-25-27-31(29-30-32)28-26-24-22-20-18-16-14-12-10-8-6-4-2/h31H,3-30H2,1-2H3. The highest BCUT2D eigenvalue weighted by atomic mass is 127. The molecule has 194 valence electrons. The molecule has 0 spiro atoms. The van der Waals surface area contributed by atoms with Gasteiger partial charge in [0, 0.05) is 0 Å². The van der Waals surface area contributed by atoms with Crippen molar-refractivity contribution >= 4 is 22.6 Å². The minimum absolute atomic E-state index is 1.03. The molecular formula is C31H63I. The normalized spacial score (nSPS) is 11.6. The van der Waals surface area contributed by atoms with Gasteiger partial charge in [-0.1, -0.05) is 203 Å². The van der Waals surface area contributed by atoms with Crippen molar-refractivity contribution < 1.29 is 0 Å². The second-order valence-corrected chi connectivity index (χ2v) is 11.8. The zero-order valence-corrected chi connectivity index (χ0v) is 24.9. The van der Waals surface area contributed by atoms with E-state index >= 15 is 0 Å². The Morgan fingerprint density at radius 1 is 0.344 bits per heavy atom. The molecule has 0 aromatic carbocycles. The highest BCUT2D eigenvalue weighted by Crippen LogP contribution is 2.23. The molecule has 0 saturated carbocycles. The Morgan fingerprint density at radius 3 is 0.844 bits per heavy atom. The summed E-state index contributed by atoms with van der Waals surface area (Å²) in [6, 6.07) is 0. The molecule has 1 heteroatoms. The average molecular weight is 563 g/mol. The summed E-state index contributed by atoms with van der Waals surface area (Å²) in [6.45, 7) is 4.62. The Kier molecular flexibility index (Phi) is 30.4. The minimum Gasteiger partial charge on any atom is -0.0864 e. The van der Waals surface area contributed by atoms with Crippen molar-refractivity contribution in [3.8, 4) is 0 Å². The fourth-order valence-corrected chi connectivity index (χ4v) is 6.02. The third-order valence-corrected chi connectivity index (χ3v) is 8.07. The van der Waals surface area contributed by atoms with Crippen LogP contribution in [-0.4, -0.2) is 4.43 Å². The summed E-state index contributed by atoms with van der Waals surface area (Å²) in [6.07, 6.45) is 39.9. The molecule has 0 saturated heterocycles. The van der Waals surface area contributed by atoms with Gasteiger partial charge in [0.15, 0.2) is 0 Å². The number of halogens is 1. The van der Waals surface area contributed by atoms with Gasteiger partial charge in [0.1, 0.15) is 0 Å². The van der Waals surface area contributed by atoms with Crippen molar-refractivity contribution in [1.29, 1.82) is 0 Å². The molecule has 0 aliphatic heterocycles. The maximum atomic E-state index is 2.60. The predicted octanol–water partition coefficient (Wildman–Crippen LogP) is 12.6. The van der Waals surface area contributed by atoms with Crippen molar-refractivity contribution in [2.45, 2.75) is 187 Å². The molecule has 0 heterocycles. The van der Waals surface area contributed by atoms with E-state index < -0.39 is 0 Å². The van der Waals surface area contributed by atoms with Crippen LogP contribution in [0.5, 0.6) is 0 Å². The monoisotopic (exact) mass is 562 g/mol. The third-order valence-electron chi connectivity index (χ3n) is 7.45. The van der Waals surface area contributed by atoms with Gasteiger partial charge >= 0.3 is 0 Å². The van der Waals surface area contributed by atoms with Crippen molar-refractivity contribution in [1.82, 2.24) is 0 Å². The molecule has 0 unspecified atom stereocenters. The van der Waals surface area contributed by atoms with Gasteiger partial charge in [0.2, 0.25) is 0 Å². The zero-order valence-electron chi connectivity index (χ0n) is 22.8. The molecule has 0 N–H and O–H groups in total. The second-order valence-electron chi connectivity index (χ2n) is 10.7. The maximum Gasteiger partial charge on any atom is -0.000209 e. The van der Waals surface area contributed by atoms with E-state index in [1.165, 1.54) is 178 Å². The number of rotatable bonds is 28. The molecule has 0 aromatic heterocycles. The van der Waals surface area contributed by atoms with Crippen LogP contribution in [0.2, 0.25) is 0 Å². The fraction of sp³-hybridized carbons (Fsp3) is 1.00. The largest absolute Gasteiger partial charge is 0.0864 e.